The van der Waals surface area contributed by atoms with E-state index in [2.05, 4.69) is 22.4 Å². The molecule has 0 aliphatic heterocycles. The molecule has 0 unspecified atom stereocenters. The van der Waals surface area contributed by atoms with Crippen LogP contribution in [0, 0.1) is 0 Å². The van der Waals surface area contributed by atoms with Crippen molar-refractivity contribution in [3.63, 3.8) is 0 Å². The maximum Gasteiger partial charge on any atom is 0.282 e. The van der Waals surface area contributed by atoms with Crippen LogP contribution in [0.2, 0.25) is 0 Å². The maximum atomic E-state index is 11.7. The Morgan fingerprint density at radius 3 is 2.67 bits per heavy atom. The van der Waals surface area contributed by atoms with Gasteiger partial charge in [0.1, 0.15) is 0 Å². The third-order valence-electron chi connectivity index (χ3n) is 1.96. The number of nitrogens with zero attached hydrogens (tertiary/aromatic N) is 2. The fraction of sp³-hybridized carbons (Fsp3) is 0.667. The first kappa shape index (κ1) is 11.9. The zero-order valence-electron chi connectivity index (χ0n) is 9.20. The quantitative estimate of drug-likeness (QED) is 0.816. The molecule has 0 aliphatic carbocycles. The van der Waals surface area contributed by atoms with Crippen LogP contribution in [-0.4, -0.2) is 21.6 Å². The first-order valence-corrected chi connectivity index (χ1v) is 5.68. The van der Waals surface area contributed by atoms with Crippen LogP contribution in [0.3, 0.4) is 0 Å². The topological polar surface area (TPSA) is 80.9 Å². The third-order valence-corrected chi connectivity index (χ3v) is 2.71. The van der Waals surface area contributed by atoms with E-state index in [9.17, 15) is 4.79 Å². The minimum atomic E-state index is -0.216. The van der Waals surface area contributed by atoms with Crippen LogP contribution in [0.4, 0.5) is 5.13 Å². The van der Waals surface area contributed by atoms with Gasteiger partial charge in [0, 0.05) is 5.54 Å². The molecule has 84 valence electrons. The average Bonchev–Trinajstić information content (AvgIpc) is 2.50. The third kappa shape index (κ3) is 3.47. The monoisotopic (exact) mass is 228 g/mol. The number of anilines is 1. The molecule has 1 amide bonds. The molecule has 5 nitrogen and oxygen atoms in total. The van der Waals surface area contributed by atoms with E-state index in [0.717, 1.165) is 24.2 Å². The van der Waals surface area contributed by atoms with Gasteiger partial charge in [0.25, 0.3) is 5.91 Å². The van der Waals surface area contributed by atoms with E-state index in [1.807, 2.05) is 13.8 Å². The van der Waals surface area contributed by atoms with E-state index in [0.29, 0.717) is 10.1 Å². The number of carbonyl (C=O) groups is 1. The maximum absolute atomic E-state index is 11.7. The highest BCUT2D eigenvalue weighted by molar-refractivity contribution is 7.16. The van der Waals surface area contributed by atoms with Crippen molar-refractivity contribution >= 4 is 22.4 Å². The van der Waals surface area contributed by atoms with Crippen LogP contribution >= 0.6 is 11.3 Å². The van der Waals surface area contributed by atoms with Gasteiger partial charge in [-0.15, -0.1) is 10.2 Å². The molecule has 0 saturated carbocycles. The highest BCUT2D eigenvalue weighted by atomic mass is 32.1. The van der Waals surface area contributed by atoms with E-state index in [-0.39, 0.29) is 11.4 Å². The molecule has 0 aliphatic rings. The van der Waals surface area contributed by atoms with Crippen molar-refractivity contribution < 1.29 is 4.79 Å². The summed E-state index contributed by atoms with van der Waals surface area (Å²) in [6, 6.07) is 0. The van der Waals surface area contributed by atoms with Crippen LogP contribution in [0.1, 0.15) is 43.4 Å². The molecule has 0 radical (unpaired) electrons. The predicted molar refractivity (Wildman–Crippen MR) is 60.8 cm³/mol. The average molecular weight is 228 g/mol. The van der Waals surface area contributed by atoms with Gasteiger partial charge >= 0.3 is 0 Å². The standard InChI is InChI=1S/C9H16N4OS/c1-4-5-9(2,3)11-6(14)7-12-13-8(10)15-7/h4-5H2,1-3H3,(H2,10,13)(H,11,14). The number of nitrogens with two attached hydrogens (primary N) is 1. The molecule has 0 spiro atoms. The lowest BCUT2D eigenvalue weighted by Crippen LogP contribution is -2.43. The van der Waals surface area contributed by atoms with Crippen LogP contribution in [0.15, 0.2) is 0 Å². The van der Waals surface area contributed by atoms with Gasteiger partial charge in [-0.3, -0.25) is 4.79 Å². The van der Waals surface area contributed by atoms with Crippen molar-refractivity contribution in [2.24, 2.45) is 0 Å². The number of hydrogen-bond acceptors (Lipinski definition) is 5. The van der Waals surface area contributed by atoms with Crippen LogP contribution < -0.4 is 11.1 Å². The van der Waals surface area contributed by atoms with E-state index in [4.69, 9.17) is 5.73 Å². The molecular weight excluding hydrogens is 212 g/mol. The number of nitrogen functional groups attached to an aromatic ring is 1. The summed E-state index contributed by atoms with van der Waals surface area (Å²) in [6.45, 7) is 6.05. The molecule has 0 bridgehead atoms. The van der Waals surface area contributed by atoms with Crippen molar-refractivity contribution in [1.82, 2.24) is 15.5 Å². The van der Waals surface area contributed by atoms with E-state index in [1.165, 1.54) is 0 Å². The molecule has 1 heterocycles. The molecule has 0 aromatic carbocycles. The van der Waals surface area contributed by atoms with Gasteiger partial charge in [-0.1, -0.05) is 24.7 Å². The summed E-state index contributed by atoms with van der Waals surface area (Å²) in [5, 5.41) is 10.8. The lowest BCUT2D eigenvalue weighted by Gasteiger charge is -2.24. The smallest absolute Gasteiger partial charge is 0.282 e. The summed E-state index contributed by atoms with van der Waals surface area (Å²) >= 11 is 1.10. The van der Waals surface area contributed by atoms with Gasteiger partial charge in [-0.05, 0) is 20.3 Å². The van der Waals surface area contributed by atoms with Crippen molar-refractivity contribution in [3.05, 3.63) is 5.01 Å². The summed E-state index contributed by atoms with van der Waals surface area (Å²) < 4.78 is 0. The van der Waals surface area contributed by atoms with E-state index < -0.39 is 0 Å². The zero-order chi connectivity index (χ0) is 11.5. The van der Waals surface area contributed by atoms with Crippen LogP contribution in [0.5, 0.6) is 0 Å². The normalized spacial score (nSPS) is 11.4. The zero-order valence-corrected chi connectivity index (χ0v) is 10.0. The summed E-state index contributed by atoms with van der Waals surface area (Å²) in [5.74, 6) is -0.206. The molecule has 0 saturated heterocycles. The lowest BCUT2D eigenvalue weighted by molar-refractivity contribution is 0.0908. The van der Waals surface area contributed by atoms with Gasteiger partial charge < -0.3 is 11.1 Å². The summed E-state index contributed by atoms with van der Waals surface area (Å²) in [4.78, 5) is 11.7. The van der Waals surface area contributed by atoms with Crippen molar-refractivity contribution in [2.75, 3.05) is 5.73 Å². The molecule has 1 aromatic heterocycles. The Kier molecular flexibility index (Phi) is 3.62. The number of aromatic nitrogens is 2. The minimum Gasteiger partial charge on any atom is -0.374 e. The molecule has 15 heavy (non-hydrogen) atoms. The Hall–Kier alpha value is -1.17. The first-order chi connectivity index (χ1) is 6.94. The largest absolute Gasteiger partial charge is 0.374 e. The SMILES string of the molecule is CCCC(C)(C)NC(=O)c1nnc(N)s1. The second kappa shape index (κ2) is 4.57. The fourth-order valence-electron chi connectivity index (χ4n) is 1.37. The Bertz CT molecular complexity index is 348. The Morgan fingerprint density at radius 1 is 1.53 bits per heavy atom. The molecule has 1 rings (SSSR count). The summed E-state index contributed by atoms with van der Waals surface area (Å²) in [7, 11) is 0. The molecule has 1 aromatic rings. The summed E-state index contributed by atoms with van der Waals surface area (Å²) in [6.07, 6.45) is 1.94. The predicted octanol–water partition coefficient (Wildman–Crippen LogP) is 1.43. The Morgan fingerprint density at radius 2 is 2.20 bits per heavy atom. The Balaban J connectivity index is 2.63. The second-order valence-corrected chi connectivity index (χ2v) is 5.04. The first-order valence-electron chi connectivity index (χ1n) is 4.86. The van der Waals surface area contributed by atoms with Crippen molar-refractivity contribution in [1.29, 1.82) is 0 Å². The number of rotatable bonds is 4. The molecular formula is C9H16N4OS. The van der Waals surface area contributed by atoms with Crippen molar-refractivity contribution in [3.8, 4) is 0 Å². The highest BCUT2D eigenvalue weighted by Crippen LogP contribution is 2.15. The minimum absolute atomic E-state index is 0.206. The Labute approximate surface area is 93.1 Å². The molecule has 0 fully saturated rings. The second-order valence-electron chi connectivity index (χ2n) is 4.03. The number of amides is 1. The fourth-order valence-corrected chi connectivity index (χ4v) is 1.88. The van der Waals surface area contributed by atoms with Gasteiger partial charge in [0.15, 0.2) is 0 Å². The number of hydrogen-bond donors (Lipinski definition) is 2. The van der Waals surface area contributed by atoms with E-state index in [1.54, 1.807) is 0 Å². The lowest BCUT2D eigenvalue weighted by atomic mass is 9.99. The molecule has 3 N–H and O–H groups in total. The molecule has 0 atom stereocenters. The van der Waals surface area contributed by atoms with Crippen LogP contribution in [0.25, 0.3) is 0 Å². The number of nitrogens with one attached hydrogen (secondary N) is 1. The van der Waals surface area contributed by atoms with Gasteiger partial charge in [0.2, 0.25) is 10.1 Å². The van der Waals surface area contributed by atoms with Gasteiger partial charge in [-0.25, -0.2) is 0 Å². The highest BCUT2D eigenvalue weighted by Gasteiger charge is 2.22. The van der Waals surface area contributed by atoms with E-state index >= 15 is 0 Å². The van der Waals surface area contributed by atoms with Gasteiger partial charge in [-0.2, -0.15) is 0 Å². The molecule has 6 heteroatoms. The summed E-state index contributed by atoms with van der Waals surface area (Å²) in [5.41, 5.74) is 5.19. The van der Waals surface area contributed by atoms with Crippen LogP contribution in [-0.2, 0) is 0 Å². The van der Waals surface area contributed by atoms with Crippen molar-refractivity contribution in [2.45, 2.75) is 39.2 Å². The number of carbonyl (C=O) groups excluding carboxylic acids is 1. The van der Waals surface area contributed by atoms with Gasteiger partial charge in [0.05, 0.1) is 0 Å².